The van der Waals surface area contributed by atoms with Crippen LogP contribution in [0.15, 0.2) is 12.1 Å². The average Bonchev–Trinajstić information content (AvgIpc) is 2.50. The molecule has 11 heavy (non-hydrogen) atoms. The summed E-state index contributed by atoms with van der Waals surface area (Å²) in [6, 6.07) is 4.33. The Morgan fingerprint density at radius 3 is 2.73 bits per heavy atom. The zero-order valence-electron chi connectivity index (χ0n) is 7.26. The van der Waals surface area contributed by atoms with E-state index in [1.54, 1.807) is 7.11 Å². The maximum Gasteiger partial charge on any atom is 0.0885 e. The van der Waals surface area contributed by atoms with Crippen LogP contribution in [-0.4, -0.2) is 7.11 Å². The molecular weight excluding hydrogens is 156 g/mol. The van der Waals surface area contributed by atoms with Crippen LogP contribution in [0.1, 0.15) is 29.7 Å². The third kappa shape index (κ3) is 2.04. The zero-order valence-corrected chi connectivity index (χ0v) is 8.07. The van der Waals surface area contributed by atoms with Crippen molar-refractivity contribution in [3.63, 3.8) is 0 Å². The lowest BCUT2D eigenvalue weighted by atomic mass is 10.3. The fraction of sp³-hybridized carbons (Fsp3) is 0.556. The van der Waals surface area contributed by atoms with Gasteiger partial charge in [-0.05, 0) is 25.5 Å². The molecule has 0 aliphatic rings. The van der Waals surface area contributed by atoms with Crippen molar-refractivity contribution in [2.75, 3.05) is 7.11 Å². The highest BCUT2D eigenvalue weighted by atomic mass is 32.1. The van der Waals surface area contributed by atoms with Crippen LogP contribution in [0.25, 0.3) is 0 Å². The van der Waals surface area contributed by atoms with Gasteiger partial charge in [0, 0.05) is 16.9 Å². The van der Waals surface area contributed by atoms with Crippen LogP contribution in [0.3, 0.4) is 0 Å². The van der Waals surface area contributed by atoms with E-state index in [-0.39, 0.29) is 6.10 Å². The maximum absolute atomic E-state index is 5.20. The van der Waals surface area contributed by atoms with Crippen LogP contribution in [0.2, 0.25) is 0 Å². The SMILES string of the molecule is CCc1ccc(C(C)OC)s1. The Hall–Kier alpha value is -0.340. The van der Waals surface area contributed by atoms with Gasteiger partial charge in [-0.25, -0.2) is 0 Å². The summed E-state index contributed by atoms with van der Waals surface area (Å²) < 4.78 is 5.20. The van der Waals surface area contributed by atoms with E-state index in [1.807, 2.05) is 11.3 Å². The first-order valence-corrected chi connectivity index (χ1v) is 4.71. The van der Waals surface area contributed by atoms with E-state index in [4.69, 9.17) is 4.74 Å². The molecule has 1 unspecified atom stereocenters. The number of methoxy groups -OCH3 is 1. The van der Waals surface area contributed by atoms with Gasteiger partial charge in [-0.2, -0.15) is 0 Å². The highest BCUT2D eigenvalue weighted by Gasteiger charge is 2.05. The minimum Gasteiger partial charge on any atom is -0.376 e. The van der Waals surface area contributed by atoms with Crippen LogP contribution in [0, 0.1) is 0 Å². The minimum absolute atomic E-state index is 0.250. The number of thiophene rings is 1. The van der Waals surface area contributed by atoms with Crippen molar-refractivity contribution < 1.29 is 4.74 Å². The van der Waals surface area contributed by atoms with Crippen molar-refractivity contribution in [2.45, 2.75) is 26.4 Å². The number of rotatable bonds is 3. The molecule has 1 nitrogen and oxygen atoms in total. The second-order valence-corrected chi connectivity index (χ2v) is 3.74. The van der Waals surface area contributed by atoms with Crippen molar-refractivity contribution in [3.05, 3.63) is 21.9 Å². The lowest BCUT2D eigenvalue weighted by Gasteiger charge is -2.04. The maximum atomic E-state index is 5.20. The van der Waals surface area contributed by atoms with Gasteiger partial charge in [0.05, 0.1) is 6.10 Å². The summed E-state index contributed by atoms with van der Waals surface area (Å²) in [4.78, 5) is 2.76. The summed E-state index contributed by atoms with van der Waals surface area (Å²) in [5.41, 5.74) is 0. The topological polar surface area (TPSA) is 9.23 Å². The molecule has 1 atom stereocenters. The first-order chi connectivity index (χ1) is 5.27. The fourth-order valence-corrected chi connectivity index (χ4v) is 1.90. The second kappa shape index (κ2) is 3.88. The molecular formula is C9H14OS. The standard InChI is InChI=1S/C9H14OS/c1-4-8-5-6-9(11-8)7(2)10-3/h5-7H,4H2,1-3H3. The van der Waals surface area contributed by atoms with E-state index >= 15 is 0 Å². The Kier molecular flexibility index (Phi) is 3.09. The monoisotopic (exact) mass is 170 g/mol. The van der Waals surface area contributed by atoms with Crippen molar-refractivity contribution in [3.8, 4) is 0 Å². The lowest BCUT2D eigenvalue weighted by Crippen LogP contribution is -1.90. The smallest absolute Gasteiger partial charge is 0.0885 e. The predicted octanol–water partition coefficient (Wildman–Crippen LogP) is 3.02. The molecule has 0 saturated heterocycles. The quantitative estimate of drug-likeness (QED) is 0.677. The van der Waals surface area contributed by atoms with Gasteiger partial charge in [0.2, 0.25) is 0 Å². The lowest BCUT2D eigenvalue weighted by molar-refractivity contribution is 0.122. The van der Waals surface area contributed by atoms with E-state index < -0.39 is 0 Å². The molecule has 62 valence electrons. The molecule has 1 aromatic rings. The number of hydrogen-bond acceptors (Lipinski definition) is 2. The van der Waals surface area contributed by atoms with Crippen LogP contribution >= 0.6 is 11.3 Å². The van der Waals surface area contributed by atoms with Gasteiger partial charge in [-0.1, -0.05) is 6.92 Å². The summed E-state index contributed by atoms with van der Waals surface area (Å²) in [5.74, 6) is 0. The molecule has 0 aliphatic heterocycles. The molecule has 0 fully saturated rings. The van der Waals surface area contributed by atoms with Gasteiger partial charge >= 0.3 is 0 Å². The van der Waals surface area contributed by atoms with E-state index in [1.165, 1.54) is 9.75 Å². The van der Waals surface area contributed by atoms with Crippen LogP contribution < -0.4 is 0 Å². The van der Waals surface area contributed by atoms with E-state index in [0.717, 1.165) is 6.42 Å². The van der Waals surface area contributed by atoms with Crippen molar-refractivity contribution in [2.24, 2.45) is 0 Å². The van der Waals surface area contributed by atoms with Gasteiger partial charge in [0.1, 0.15) is 0 Å². The molecule has 0 aliphatic carbocycles. The summed E-state index contributed by atoms with van der Waals surface area (Å²) in [6.07, 6.45) is 1.38. The van der Waals surface area contributed by atoms with Crippen molar-refractivity contribution >= 4 is 11.3 Å². The van der Waals surface area contributed by atoms with Crippen LogP contribution in [0.5, 0.6) is 0 Å². The fourth-order valence-electron chi connectivity index (χ4n) is 0.919. The second-order valence-electron chi connectivity index (χ2n) is 2.54. The van der Waals surface area contributed by atoms with Gasteiger partial charge in [0.15, 0.2) is 0 Å². The van der Waals surface area contributed by atoms with Crippen molar-refractivity contribution in [1.29, 1.82) is 0 Å². The summed E-state index contributed by atoms with van der Waals surface area (Å²) in [5, 5.41) is 0. The van der Waals surface area contributed by atoms with Gasteiger partial charge in [-0.3, -0.25) is 0 Å². The van der Waals surface area contributed by atoms with Gasteiger partial charge in [0.25, 0.3) is 0 Å². The molecule has 0 aromatic carbocycles. The first kappa shape index (κ1) is 8.75. The Morgan fingerprint density at radius 1 is 1.55 bits per heavy atom. The van der Waals surface area contributed by atoms with Crippen LogP contribution in [-0.2, 0) is 11.2 Å². The highest BCUT2D eigenvalue weighted by Crippen LogP contribution is 2.24. The summed E-state index contributed by atoms with van der Waals surface area (Å²) >= 11 is 1.84. The average molecular weight is 170 g/mol. The summed E-state index contributed by atoms with van der Waals surface area (Å²) in [6.45, 7) is 4.25. The van der Waals surface area contributed by atoms with E-state index in [2.05, 4.69) is 26.0 Å². The van der Waals surface area contributed by atoms with E-state index in [9.17, 15) is 0 Å². The third-order valence-corrected chi connectivity index (χ3v) is 3.18. The Bertz CT molecular complexity index is 217. The molecule has 0 bridgehead atoms. The molecule has 0 N–H and O–H groups in total. The normalized spacial score (nSPS) is 13.4. The largest absolute Gasteiger partial charge is 0.376 e. The van der Waals surface area contributed by atoms with Crippen molar-refractivity contribution in [1.82, 2.24) is 0 Å². The molecule has 1 rings (SSSR count). The Morgan fingerprint density at radius 2 is 2.27 bits per heavy atom. The van der Waals surface area contributed by atoms with Gasteiger partial charge < -0.3 is 4.74 Å². The molecule has 2 heteroatoms. The first-order valence-electron chi connectivity index (χ1n) is 3.89. The molecule has 0 radical (unpaired) electrons. The van der Waals surface area contributed by atoms with E-state index in [0.29, 0.717) is 0 Å². The van der Waals surface area contributed by atoms with Crippen LogP contribution in [0.4, 0.5) is 0 Å². The molecule has 1 heterocycles. The molecule has 1 aromatic heterocycles. The number of ether oxygens (including phenoxy) is 1. The Labute approximate surface area is 72.0 Å². The zero-order chi connectivity index (χ0) is 8.27. The summed E-state index contributed by atoms with van der Waals surface area (Å²) in [7, 11) is 1.75. The highest BCUT2D eigenvalue weighted by molar-refractivity contribution is 7.12. The number of aryl methyl sites for hydroxylation is 1. The third-order valence-electron chi connectivity index (χ3n) is 1.79. The number of hydrogen-bond donors (Lipinski definition) is 0. The molecule has 0 amide bonds. The van der Waals surface area contributed by atoms with Gasteiger partial charge in [-0.15, -0.1) is 11.3 Å². The predicted molar refractivity (Wildman–Crippen MR) is 49.1 cm³/mol. The molecule has 0 saturated carbocycles. The molecule has 0 spiro atoms. The minimum atomic E-state index is 0.250. The Balaban J connectivity index is 2.71.